The van der Waals surface area contributed by atoms with Gasteiger partial charge in [0.2, 0.25) is 0 Å². The number of amides is 3. The fourth-order valence-corrected chi connectivity index (χ4v) is 6.00. The Bertz CT molecular complexity index is 1810. The third-order valence-corrected chi connectivity index (χ3v) is 8.23. The molecular formula is C33H30F3N5O4. The van der Waals surface area contributed by atoms with Crippen molar-refractivity contribution in [3.8, 4) is 11.4 Å². The van der Waals surface area contributed by atoms with Crippen LogP contribution in [0.3, 0.4) is 0 Å². The molecule has 0 bridgehead atoms. The largest absolute Gasteiger partial charge is 0.497 e. The fourth-order valence-electron chi connectivity index (χ4n) is 6.00. The molecule has 0 saturated heterocycles. The summed E-state index contributed by atoms with van der Waals surface area (Å²) in [6.07, 6.45) is -3.51. The second-order valence-electron chi connectivity index (χ2n) is 11.2. The van der Waals surface area contributed by atoms with Gasteiger partial charge in [-0.2, -0.15) is 18.3 Å². The van der Waals surface area contributed by atoms with Gasteiger partial charge in [-0.15, -0.1) is 0 Å². The molecule has 0 saturated carbocycles. The summed E-state index contributed by atoms with van der Waals surface area (Å²) in [4.78, 5) is 42.9. The van der Waals surface area contributed by atoms with E-state index in [-0.39, 0.29) is 47.4 Å². The second kappa shape index (κ2) is 11.4. The molecule has 1 aromatic heterocycles. The number of benzene rings is 3. The quantitative estimate of drug-likeness (QED) is 0.320. The highest BCUT2D eigenvalue weighted by atomic mass is 19.4. The van der Waals surface area contributed by atoms with E-state index in [9.17, 15) is 27.6 Å². The maximum absolute atomic E-state index is 14.3. The van der Waals surface area contributed by atoms with Gasteiger partial charge < -0.3 is 19.9 Å². The van der Waals surface area contributed by atoms with Crippen molar-refractivity contribution in [2.45, 2.75) is 31.5 Å². The van der Waals surface area contributed by atoms with Crippen molar-refractivity contribution in [1.82, 2.24) is 20.0 Å². The average molecular weight is 618 g/mol. The third-order valence-electron chi connectivity index (χ3n) is 8.23. The van der Waals surface area contributed by atoms with Gasteiger partial charge in [0.1, 0.15) is 11.4 Å². The zero-order valence-corrected chi connectivity index (χ0v) is 24.8. The van der Waals surface area contributed by atoms with Crippen LogP contribution >= 0.6 is 0 Å². The Morgan fingerprint density at radius 1 is 1.02 bits per heavy atom. The lowest BCUT2D eigenvalue weighted by Gasteiger charge is -2.28. The minimum Gasteiger partial charge on any atom is -0.497 e. The average Bonchev–Trinajstić information content (AvgIpc) is 3.63. The normalized spacial score (nSPS) is 15.8. The summed E-state index contributed by atoms with van der Waals surface area (Å²) in [6, 6.07) is 18.1. The first kappa shape index (κ1) is 29.9. The molecule has 1 aliphatic carbocycles. The summed E-state index contributed by atoms with van der Waals surface area (Å²) in [5, 5.41) is 6.92. The molecule has 9 nitrogen and oxygen atoms in total. The van der Waals surface area contributed by atoms with E-state index in [1.807, 2.05) is 24.3 Å². The number of carbonyl (C=O) groups is 3. The van der Waals surface area contributed by atoms with Gasteiger partial charge in [0.25, 0.3) is 17.7 Å². The molecule has 1 atom stereocenters. The molecule has 4 aromatic rings. The molecule has 12 heteroatoms. The molecule has 0 fully saturated rings. The van der Waals surface area contributed by atoms with Crippen molar-refractivity contribution in [2.75, 3.05) is 32.6 Å². The molecule has 3 amide bonds. The van der Waals surface area contributed by atoms with Gasteiger partial charge in [0.05, 0.1) is 24.4 Å². The summed E-state index contributed by atoms with van der Waals surface area (Å²) >= 11 is 0. The lowest BCUT2D eigenvalue weighted by atomic mass is 10.0. The first-order valence-electron chi connectivity index (χ1n) is 14.4. The summed E-state index contributed by atoms with van der Waals surface area (Å²) in [7, 11) is 4.65. The van der Waals surface area contributed by atoms with E-state index in [4.69, 9.17) is 4.74 Å². The van der Waals surface area contributed by atoms with E-state index in [0.29, 0.717) is 23.4 Å². The number of fused-ring (bicyclic) bond motifs is 2. The molecule has 6 rings (SSSR count). The highest BCUT2D eigenvalue weighted by molar-refractivity contribution is 6.08. The van der Waals surface area contributed by atoms with Gasteiger partial charge in [0.15, 0.2) is 5.69 Å². The number of aromatic nitrogens is 2. The van der Waals surface area contributed by atoms with Gasteiger partial charge in [-0.1, -0.05) is 24.3 Å². The standard InChI is InChI=1S/C33H30F3N5O4/c1-39(2)31(43)20-8-11-21(12-9-20)40-17-16-24-28(32(40)44)41(38-29(24)33(34,35)36)27-15-13-22(45-3)18-25(27)30(42)37-26-14-10-19-6-4-5-7-23(19)26/h4-9,11-13,15,18,26H,10,14,16-17H2,1-3H3,(H,37,42)/t26-/m1/s1. The highest BCUT2D eigenvalue weighted by Gasteiger charge is 2.44. The van der Waals surface area contributed by atoms with Gasteiger partial charge in [0, 0.05) is 37.5 Å². The van der Waals surface area contributed by atoms with Gasteiger partial charge in [-0.05, 0) is 72.9 Å². The predicted molar refractivity (Wildman–Crippen MR) is 160 cm³/mol. The molecule has 232 valence electrons. The van der Waals surface area contributed by atoms with E-state index in [1.165, 1.54) is 35.1 Å². The summed E-state index contributed by atoms with van der Waals surface area (Å²) in [5.41, 5.74) is 1.23. The molecule has 3 aromatic carbocycles. The Morgan fingerprint density at radius 2 is 1.76 bits per heavy atom. The number of alkyl halides is 3. The Labute approximate surface area is 257 Å². The molecule has 2 aliphatic rings. The summed E-state index contributed by atoms with van der Waals surface area (Å²) < 4.78 is 49.1. The van der Waals surface area contributed by atoms with Crippen molar-refractivity contribution >= 4 is 23.4 Å². The van der Waals surface area contributed by atoms with E-state index in [1.54, 1.807) is 38.4 Å². The molecule has 45 heavy (non-hydrogen) atoms. The SMILES string of the molecule is COc1ccc(-n2nc(C(F)(F)F)c3c2C(=O)N(c2ccc(C(=O)N(C)C)cc2)CC3)c(C(=O)N[C@@H]2CCc3ccccc32)c1. The zero-order valence-electron chi connectivity index (χ0n) is 24.8. The minimum absolute atomic E-state index is 0.00783. The van der Waals surface area contributed by atoms with E-state index in [0.717, 1.165) is 22.2 Å². The topological polar surface area (TPSA) is 96.8 Å². The Hall–Kier alpha value is -5.13. The molecule has 0 unspecified atom stereocenters. The number of methoxy groups -OCH3 is 1. The third kappa shape index (κ3) is 5.41. The highest BCUT2D eigenvalue weighted by Crippen LogP contribution is 2.38. The lowest BCUT2D eigenvalue weighted by molar-refractivity contribution is -0.141. The van der Waals surface area contributed by atoms with Crippen molar-refractivity contribution in [1.29, 1.82) is 0 Å². The van der Waals surface area contributed by atoms with Crippen molar-refractivity contribution < 1.29 is 32.3 Å². The lowest BCUT2D eigenvalue weighted by Crippen LogP contribution is -2.39. The maximum atomic E-state index is 14.3. The monoisotopic (exact) mass is 617 g/mol. The Morgan fingerprint density at radius 3 is 2.44 bits per heavy atom. The maximum Gasteiger partial charge on any atom is 0.435 e. The molecule has 0 spiro atoms. The number of aryl methyl sites for hydroxylation is 1. The predicted octanol–water partition coefficient (Wildman–Crippen LogP) is 5.22. The molecular weight excluding hydrogens is 587 g/mol. The van der Waals surface area contributed by atoms with Gasteiger partial charge in [-0.3, -0.25) is 14.4 Å². The van der Waals surface area contributed by atoms with Crippen LogP contribution in [0.1, 0.15) is 66.1 Å². The number of ether oxygens (including phenoxy) is 1. The zero-order chi connectivity index (χ0) is 32.0. The number of nitrogens with zero attached hydrogens (tertiary/aromatic N) is 4. The van der Waals surface area contributed by atoms with Crippen LogP contribution < -0.4 is 15.0 Å². The van der Waals surface area contributed by atoms with E-state index >= 15 is 0 Å². The summed E-state index contributed by atoms with van der Waals surface area (Å²) in [6.45, 7) is -0.0291. The number of halogens is 3. The van der Waals surface area contributed by atoms with E-state index < -0.39 is 23.7 Å². The van der Waals surface area contributed by atoms with Crippen LogP contribution in [0.5, 0.6) is 5.75 Å². The Kier molecular flexibility index (Phi) is 7.59. The number of hydrogen-bond acceptors (Lipinski definition) is 5. The van der Waals surface area contributed by atoms with Crippen LogP contribution in [0.4, 0.5) is 18.9 Å². The van der Waals surface area contributed by atoms with E-state index in [2.05, 4.69) is 10.4 Å². The second-order valence-corrected chi connectivity index (χ2v) is 11.2. The summed E-state index contributed by atoms with van der Waals surface area (Å²) in [5.74, 6) is -1.16. The number of rotatable bonds is 6. The van der Waals surface area contributed by atoms with Crippen LogP contribution in [-0.4, -0.2) is 60.2 Å². The molecule has 1 N–H and O–H groups in total. The first-order chi connectivity index (χ1) is 21.5. The fraction of sp³-hybridized carbons (Fsp3) is 0.273. The van der Waals surface area contributed by atoms with Crippen LogP contribution in [-0.2, 0) is 19.0 Å². The van der Waals surface area contributed by atoms with Crippen molar-refractivity contribution in [3.05, 3.63) is 106 Å². The van der Waals surface area contributed by atoms with Crippen LogP contribution in [0.2, 0.25) is 0 Å². The van der Waals surface area contributed by atoms with Gasteiger partial charge >= 0.3 is 6.18 Å². The molecule has 2 heterocycles. The number of nitrogens with one attached hydrogen (secondary N) is 1. The van der Waals surface area contributed by atoms with Crippen LogP contribution in [0.25, 0.3) is 5.69 Å². The molecule has 1 aliphatic heterocycles. The van der Waals surface area contributed by atoms with Crippen LogP contribution in [0.15, 0.2) is 66.7 Å². The number of carbonyl (C=O) groups excluding carboxylic acids is 3. The van der Waals surface area contributed by atoms with Crippen molar-refractivity contribution in [2.24, 2.45) is 0 Å². The minimum atomic E-state index is -4.84. The van der Waals surface area contributed by atoms with Crippen molar-refractivity contribution in [3.63, 3.8) is 0 Å². The molecule has 0 radical (unpaired) electrons. The first-order valence-corrected chi connectivity index (χ1v) is 14.4. The smallest absolute Gasteiger partial charge is 0.435 e. The number of anilines is 1. The number of hydrogen-bond donors (Lipinski definition) is 1. The Balaban J connectivity index is 1.42. The van der Waals surface area contributed by atoms with Gasteiger partial charge in [-0.25, -0.2) is 4.68 Å². The van der Waals surface area contributed by atoms with Crippen LogP contribution in [0, 0.1) is 0 Å².